The Morgan fingerprint density at radius 2 is 2.00 bits per heavy atom. The molecule has 1 aliphatic rings. The van der Waals surface area contributed by atoms with E-state index in [0.717, 1.165) is 0 Å². The largest absolute Gasteiger partial charge is 0.472 e. The molecular weight excluding hydrogens is 352 g/mol. The fraction of sp³-hybridized carbons (Fsp3) is 0.312. The van der Waals surface area contributed by atoms with Crippen LogP contribution in [-0.2, 0) is 10.0 Å². The fourth-order valence-electron chi connectivity index (χ4n) is 2.69. The summed E-state index contributed by atoms with van der Waals surface area (Å²) in [7, 11) is -3.62. The van der Waals surface area contributed by atoms with E-state index >= 15 is 0 Å². The first-order valence-corrected chi connectivity index (χ1v) is 9.41. The molecular formula is C16H17ClN2O4S. The van der Waals surface area contributed by atoms with Gasteiger partial charge in [0.15, 0.2) is 0 Å². The molecule has 0 atom stereocenters. The van der Waals surface area contributed by atoms with E-state index in [2.05, 4.69) is 4.72 Å². The molecule has 1 aromatic heterocycles. The molecule has 0 spiro atoms. The van der Waals surface area contributed by atoms with Crippen molar-refractivity contribution in [2.75, 3.05) is 13.1 Å². The van der Waals surface area contributed by atoms with Crippen molar-refractivity contribution >= 4 is 27.5 Å². The lowest BCUT2D eigenvalue weighted by atomic mass is 10.1. The molecule has 0 radical (unpaired) electrons. The monoisotopic (exact) mass is 368 g/mol. The van der Waals surface area contributed by atoms with Gasteiger partial charge in [-0.2, -0.15) is 0 Å². The van der Waals surface area contributed by atoms with E-state index in [1.54, 1.807) is 23.1 Å². The van der Waals surface area contributed by atoms with E-state index in [-0.39, 0.29) is 16.8 Å². The lowest BCUT2D eigenvalue weighted by Crippen LogP contribution is -2.46. The maximum Gasteiger partial charge on any atom is 0.257 e. The number of halogens is 1. The molecule has 1 N–H and O–H groups in total. The van der Waals surface area contributed by atoms with Crippen molar-refractivity contribution in [1.29, 1.82) is 0 Å². The smallest absolute Gasteiger partial charge is 0.257 e. The molecule has 1 aliphatic heterocycles. The summed E-state index contributed by atoms with van der Waals surface area (Å²) in [6, 6.07) is 7.56. The number of nitrogens with zero attached hydrogens (tertiary/aromatic N) is 1. The topological polar surface area (TPSA) is 79.6 Å². The molecule has 6 nitrogen and oxygen atoms in total. The third kappa shape index (κ3) is 3.80. The van der Waals surface area contributed by atoms with Crippen molar-refractivity contribution in [3.05, 3.63) is 53.4 Å². The van der Waals surface area contributed by atoms with Crippen molar-refractivity contribution < 1.29 is 17.6 Å². The molecule has 3 rings (SSSR count). The second-order valence-corrected chi connectivity index (χ2v) is 7.81. The van der Waals surface area contributed by atoms with Gasteiger partial charge < -0.3 is 9.32 Å². The number of carbonyl (C=O) groups excluding carboxylic acids is 1. The Morgan fingerprint density at radius 3 is 2.62 bits per heavy atom. The Kier molecular flexibility index (Phi) is 4.93. The van der Waals surface area contributed by atoms with Crippen molar-refractivity contribution in [2.45, 2.75) is 23.8 Å². The van der Waals surface area contributed by atoms with Crippen LogP contribution in [-0.4, -0.2) is 38.4 Å². The van der Waals surface area contributed by atoms with Crippen LogP contribution in [0, 0.1) is 0 Å². The zero-order valence-electron chi connectivity index (χ0n) is 12.8. The summed E-state index contributed by atoms with van der Waals surface area (Å²) in [6.07, 6.45) is 3.99. The Labute approximate surface area is 145 Å². The van der Waals surface area contributed by atoms with Crippen LogP contribution in [0.25, 0.3) is 0 Å². The van der Waals surface area contributed by atoms with Gasteiger partial charge in [0.2, 0.25) is 10.0 Å². The molecule has 1 fully saturated rings. The van der Waals surface area contributed by atoms with E-state index in [0.29, 0.717) is 36.5 Å². The van der Waals surface area contributed by atoms with Gasteiger partial charge >= 0.3 is 0 Å². The van der Waals surface area contributed by atoms with Gasteiger partial charge in [0, 0.05) is 24.2 Å². The van der Waals surface area contributed by atoms with E-state index in [1.165, 1.54) is 24.7 Å². The molecule has 0 aliphatic carbocycles. The summed E-state index contributed by atoms with van der Waals surface area (Å²) in [6.45, 7) is 0.986. The van der Waals surface area contributed by atoms with E-state index in [4.69, 9.17) is 16.0 Å². The number of hydrogen-bond acceptors (Lipinski definition) is 4. The molecule has 2 heterocycles. The average Bonchev–Trinajstić information content (AvgIpc) is 3.09. The molecule has 24 heavy (non-hydrogen) atoms. The Hall–Kier alpha value is -1.83. The quantitative estimate of drug-likeness (QED) is 0.899. The Morgan fingerprint density at radius 1 is 1.25 bits per heavy atom. The van der Waals surface area contributed by atoms with Crippen LogP contribution in [0.15, 0.2) is 52.2 Å². The molecule has 1 aromatic carbocycles. The second-order valence-electron chi connectivity index (χ2n) is 5.66. The van der Waals surface area contributed by atoms with Crippen LogP contribution in [0.4, 0.5) is 0 Å². The molecule has 1 saturated heterocycles. The van der Waals surface area contributed by atoms with Crippen LogP contribution in [0.1, 0.15) is 23.2 Å². The van der Waals surface area contributed by atoms with Gasteiger partial charge in [-0.05, 0) is 37.1 Å². The number of amides is 1. The number of hydrogen-bond donors (Lipinski definition) is 1. The Balaban J connectivity index is 1.60. The van der Waals surface area contributed by atoms with E-state index in [9.17, 15) is 13.2 Å². The van der Waals surface area contributed by atoms with Crippen molar-refractivity contribution in [3.63, 3.8) is 0 Å². The minimum Gasteiger partial charge on any atom is -0.472 e. The van der Waals surface area contributed by atoms with Crippen LogP contribution in [0.2, 0.25) is 5.02 Å². The first-order valence-electron chi connectivity index (χ1n) is 7.55. The van der Waals surface area contributed by atoms with Gasteiger partial charge in [-0.25, -0.2) is 13.1 Å². The summed E-state index contributed by atoms with van der Waals surface area (Å²) < 4.78 is 32.4. The molecule has 0 saturated carbocycles. The number of piperidine rings is 1. The number of sulfonamides is 1. The molecule has 0 bridgehead atoms. The van der Waals surface area contributed by atoms with Gasteiger partial charge in [0.1, 0.15) is 6.26 Å². The molecule has 128 valence electrons. The number of benzene rings is 1. The number of furan rings is 1. The number of likely N-dealkylation sites (tertiary alicyclic amines) is 1. The maximum absolute atomic E-state index is 12.4. The van der Waals surface area contributed by atoms with Crippen LogP contribution in [0.3, 0.4) is 0 Å². The summed E-state index contributed by atoms with van der Waals surface area (Å²) in [4.78, 5) is 14.1. The van der Waals surface area contributed by atoms with Crippen LogP contribution >= 0.6 is 11.6 Å². The minimum atomic E-state index is -3.62. The third-order valence-electron chi connectivity index (χ3n) is 3.98. The average molecular weight is 369 g/mol. The highest BCUT2D eigenvalue weighted by Crippen LogP contribution is 2.19. The third-order valence-corrected chi connectivity index (χ3v) is 5.73. The minimum absolute atomic E-state index is 0.0973. The predicted octanol–water partition coefficient (Wildman–Crippen LogP) is 2.52. The van der Waals surface area contributed by atoms with Crippen LogP contribution in [0.5, 0.6) is 0 Å². The van der Waals surface area contributed by atoms with Gasteiger partial charge in [-0.15, -0.1) is 0 Å². The normalized spacial score (nSPS) is 16.3. The van der Waals surface area contributed by atoms with Crippen LogP contribution < -0.4 is 4.72 Å². The second kappa shape index (κ2) is 6.96. The number of nitrogens with one attached hydrogen (secondary N) is 1. The first-order chi connectivity index (χ1) is 11.5. The fourth-order valence-corrected chi connectivity index (χ4v) is 4.30. The summed E-state index contributed by atoms with van der Waals surface area (Å²) in [5.41, 5.74) is 0.507. The van der Waals surface area contributed by atoms with Crippen molar-refractivity contribution in [2.24, 2.45) is 0 Å². The van der Waals surface area contributed by atoms with Crippen molar-refractivity contribution in [1.82, 2.24) is 9.62 Å². The first kappa shape index (κ1) is 17.0. The SMILES string of the molecule is O=C(c1ccoc1)N1CCC(NS(=O)(=O)c2cccc(Cl)c2)CC1. The number of carbonyl (C=O) groups is 1. The number of rotatable bonds is 4. The molecule has 8 heteroatoms. The maximum atomic E-state index is 12.4. The molecule has 0 unspecified atom stereocenters. The van der Waals surface area contributed by atoms with Gasteiger partial charge in [-0.3, -0.25) is 4.79 Å². The van der Waals surface area contributed by atoms with Gasteiger partial charge in [-0.1, -0.05) is 17.7 Å². The zero-order chi connectivity index (χ0) is 17.2. The highest BCUT2D eigenvalue weighted by molar-refractivity contribution is 7.89. The molecule has 2 aromatic rings. The van der Waals surface area contributed by atoms with E-state index in [1.807, 2.05) is 0 Å². The zero-order valence-corrected chi connectivity index (χ0v) is 14.4. The Bertz CT molecular complexity index is 812. The summed E-state index contributed by atoms with van der Waals surface area (Å²) >= 11 is 5.85. The predicted molar refractivity (Wildman–Crippen MR) is 89.4 cm³/mol. The standard InChI is InChI=1S/C16H17ClN2O4S/c17-13-2-1-3-15(10-13)24(21,22)18-14-4-7-19(8-5-14)16(20)12-6-9-23-11-12/h1-3,6,9-11,14,18H,4-5,7-8H2. The summed E-state index contributed by atoms with van der Waals surface area (Å²) in [5.74, 6) is -0.0973. The summed E-state index contributed by atoms with van der Waals surface area (Å²) in [5, 5.41) is 0.374. The molecule has 1 amide bonds. The van der Waals surface area contributed by atoms with Gasteiger partial charge in [0.05, 0.1) is 16.7 Å². The lowest BCUT2D eigenvalue weighted by Gasteiger charge is -2.32. The highest BCUT2D eigenvalue weighted by Gasteiger charge is 2.27. The lowest BCUT2D eigenvalue weighted by molar-refractivity contribution is 0.0710. The highest BCUT2D eigenvalue weighted by atomic mass is 35.5. The van der Waals surface area contributed by atoms with Gasteiger partial charge in [0.25, 0.3) is 5.91 Å². The van der Waals surface area contributed by atoms with Crippen molar-refractivity contribution in [3.8, 4) is 0 Å². The van der Waals surface area contributed by atoms with E-state index < -0.39 is 10.0 Å².